The van der Waals surface area contributed by atoms with Crippen LogP contribution in [0.4, 0.5) is 4.39 Å². The fourth-order valence-electron chi connectivity index (χ4n) is 4.36. The molecular weight excluding hydrogens is 427 g/mol. The van der Waals surface area contributed by atoms with E-state index in [1.54, 1.807) is 16.8 Å². The van der Waals surface area contributed by atoms with E-state index in [2.05, 4.69) is 19.9 Å². The summed E-state index contributed by atoms with van der Waals surface area (Å²) in [7, 11) is 0. The van der Waals surface area contributed by atoms with Crippen LogP contribution >= 0.6 is 11.3 Å². The monoisotopic (exact) mass is 454 g/mol. The molecule has 0 N–H and O–H groups in total. The van der Waals surface area contributed by atoms with E-state index in [0.717, 1.165) is 31.1 Å². The highest BCUT2D eigenvalue weighted by Gasteiger charge is 2.27. The Kier molecular flexibility index (Phi) is 6.29. The maximum Gasteiger partial charge on any atom is 0.293 e. The summed E-state index contributed by atoms with van der Waals surface area (Å²) in [6.07, 6.45) is 2.62. The van der Waals surface area contributed by atoms with Gasteiger partial charge in [-0.3, -0.25) is 9.69 Å². The lowest BCUT2D eigenvalue weighted by molar-refractivity contribution is 0.0615. The number of nitrogens with zero attached hydrogens (tertiary/aromatic N) is 6. The molecule has 0 unspecified atom stereocenters. The van der Waals surface area contributed by atoms with Crippen molar-refractivity contribution < 1.29 is 9.18 Å². The molecule has 1 amide bonds. The van der Waals surface area contributed by atoms with Crippen molar-refractivity contribution in [1.82, 2.24) is 29.5 Å². The molecule has 168 valence electrons. The van der Waals surface area contributed by atoms with Gasteiger partial charge < -0.3 is 9.80 Å². The molecule has 3 aromatic rings. The number of carbonyl (C=O) groups is 1. The number of benzene rings is 1. The Morgan fingerprint density at radius 2 is 1.72 bits per heavy atom. The van der Waals surface area contributed by atoms with Gasteiger partial charge in [-0.2, -0.15) is 0 Å². The molecule has 0 atom stereocenters. The van der Waals surface area contributed by atoms with Crippen molar-refractivity contribution in [2.24, 2.45) is 0 Å². The van der Waals surface area contributed by atoms with Crippen LogP contribution in [-0.2, 0) is 0 Å². The van der Waals surface area contributed by atoms with Crippen LogP contribution in [-0.4, -0.2) is 87.7 Å². The zero-order valence-electron chi connectivity index (χ0n) is 18.0. The molecule has 2 fully saturated rings. The van der Waals surface area contributed by atoms with Gasteiger partial charge in [0.2, 0.25) is 5.82 Å². The van der Waals surface area contributed by atoms with Gasteiger partial charge in [-0.15, -0.1) is 16.4 Å². The SMILES string of the molecule is O=C(c1nc(-c2cccs2)n(-c2cccc(F)c2)n1)N1CCN(CCN2CCCC2)CC1. The van der Waals surface area contributed by atoms with E-state index in [-0.39, 0.29) is 17.5 Å². The molecule has 9 heteroatoms. The number of thiophene rings is 1. The normalized spacial score (nSPS) is 17.8. The maximum atomic E-state index is 13.8. The first-order valence-electron chi connectivity index (χ1n) is 11.2. The highest BCUT2D eigenvalue weighted by atomic mass is 32.1. The fourth-order valence-corrected chi connectivity index (χ4v) is 5.06. The third kappa shape index (κ3) is 4.60. The van der Waals surface area contributed by atoms with E-state index in [9.17, 15) is 9.18 Å². The van der Waals surface area contributed by atoms with E-state index in [1.165, 1.54) is 49.4 Å². The number of hydrogen-bond acceptors (Lipinski definition) is 6. The Morgan fingerprint density at radius 3 is 2.41 bits per heavy atom. The first-order valence-corrected chi connectivity index (χ1v) is 12.1. The second-order valence-corrected chi connectivity index (χ2v) is 9.26. The molecule has 2 saturated heterocycles. The molecule has 32 heavy (non-hydrogen) atoms. The van der Waals surface area contributed by atoms with Gasteiger partial charge in [-0.25, -0.2) is 14.1 Å². The van der Waals surface area contributed by atoms with Crippen LogP contribution in [0.2, 0.25) is 0 Å². The van der Waals surface area contributed by atoms with Crippen molar-refractivity contribution in [2.75, 3.05) is 52.4 Å². The third-order valence-electron chi connectivity index (χ3n) is 6.18. The molecule has 1 aromatic carbocycles. The molecule has 0 aliphatic carbocycles. The van der Waals surface area contributed by atoms with Crippen LogP contribution < -0.4 is 0 Å². The molecule has 0 radical (unpaired) electrons. The van der Waals surface area contributed by atoms with Crippen molar-refractivity contribution in [3.05, 3.63) is 53.4 Å². The van der Waals surface area contributed by atoms with E-state index < -0.39 is 0 Å². The molecule has 0 saturated carbocycles. The number of piperazine rings is 1. The average molecular weight is 455 g/mol. The summed E-state index contributed by atoms with van der Waals surface area (Å²) >= 11 is 1.51. The number of carbonyl (C=O) groups excluding carboxylic acids is 1. The van der Waals surface area contributed by atoms with E-state index in [0.29, 0.717) is 24.6 Å². The van der Waals surface area contributed by atoms with Gasteiger partial charge >= 0.3 is 0 Å². The number of hydrogen-bond donors (Lipinski definition) is 0. The highest BCUT2D eigenvalue weighted by Crippen LogP contribution is 2.26. The lowest BCUT2D eigenvalue weighted by Gasteiger charge is -2.34. The Hall–Kier alpha value is -2.62. The first kappa shape index (κ1) is 21.2. The predicted molar refractivity (Wildman–Crippen MR) is 123 cm³/mol. The second kappa shape index (κ2) is 9.48. The van der Waals surface area contributed by atoms with Crippen molar-refractivity contribution in [3.8, 4) is 16.4 Å². The molecule has 0 spiro atoms. The third-order valence-corrected chi connectivity index (χ3v) is 7.05. The van der Waals surface area contributed by atoms with Crippen LogP contribution in [0.25, 0.3) is 16.4 Å². The Bertz CT molecular complexity index is 1050. The van der Waals surface area contributed by atoms with Gasteiger partial charge in [0.05, 0.1) is 10.6 Å². The summed E-state index contributed by atoms with van der Waals surface area (Å²) in [6.45, 7) is 7.65. The van der Waals surface area contributed by atoms with Gasteiger partial charge in [0, 0.05) is 39.3 Å². The average Bonchev–Trinajstić information content (AvgIpc) is 3.59. The number of rotatable bonds is 6. The molecule has 5 rings (SSSR count). The molecule has 4 heterocycles. The van der Waals surface area contributed by atoms with Gasteiger partial charge in [0.1, 0.15) is 5.82 Å². The van der Waals surface area contributed by atoms with Crippen LogP contribution in [0.5, 0.6) is 0 Å². The van der Waals surface area contributed by atoms with Gasteiger partial charge in [-0.05, 0) is 55.6 Å². The second-order valence-electron chi connectivity index (χ2n) is 8.31. The summed E-state index contributed by atoms with van der Waals surface area (Å²) in [6, 6.07) is 10.0. The number of likely N-dealkylation sites (tertiary alicyclic amines) is 1. The highest BCUT2D eigenvalue weighted by molar-refractivity contribution is 7.13. The Labute approximate surface area is 191 Å². The minimum absolute atomic E-state index is 0.156. The number of aromatic nitrogens is 3. The van der Waals surface area contributed by atoms with Crippen LogP contribution in [0.1, 0.15) is 23.5 Å². The van der Waals surface area contributed by atoms with Crippen molar-refractivity contribution in [3.63, 3.8) is 0 Å². The zero-order valence-corrected chi connectivity index (χ0v) is 18.8. The van der Waals surface area contributed by atoms with Crippen LogP contribution in [0, 0.1) is 5.82 Å². The van der Waals surface area contributed by atoms with Crippen molar-refractivity contribution in [2.45, 2.75) is 12.8 Å². The molecule has 0 bridgehead atoms. The standard InChI is InChI=1S/C23H27FN6OS/c24-18-5-3-6-19(17-18)30-22(20-7-4-16-32-20)25-21(26-30)23(31)29-14-12-28(13-15-29)11-10-27-8-1-2-9-27/h3-7,16-17H,1-2,8-15H2. The predicted octanol–water partition coefficient (Wildman–Crippen LogP) is 2.99. The summed E-state index contributed by atoms with van der Waals surface area (Å²) in [5.41, 5.74) is 0.548. The minimum atomic E-state index is -0.354. The van der Waals surface area contributed by atoms with E-state index >= 15 is 0 Å². The Morgan fingerprint density at radius 1 is 0.969 bits per heavy atom. The van der Waals surface area contributed by atoms with Crippen LogP contribution in [0.3, 0.4) is 0 Å². The quantitative estimate of drug-likeness (QED) is 0.573. The topological polar surface area (TPSA) is 57.5 Å². The van der Waals surface area contributed by atoms with Gasteiger partial charge in [-0.1, -0.05) is 12.1 Å². The summed E-state index contributed by atoms with van der Waals surface area (Å²) < 4.78 is 15.4. The fraction of sp³-hybridized carbons (Fsp3) is 0.435. The largest absolute Gasteiger partial charge is 0.333 e. The Balaban J connectivity index is 1.29. The summed E-state index contributed by atoms with van der Waals surface area (Å²) in [5, 5.41) is 6.44. The lowest BCUT2D eigenvalue weighted by Crippen LogP contribution is -2.50. The minimum Gasteiger partial charge on any atom is -0.333 e. The molecule has 2 aliphatic heterocycles. The van der Waals surface area contributed by atoms with Gasteiger partial charge in [0.25, 0.3) is 5.91 Å². The molecular formula is C23H27FN6OS. The first-order chi connectivity index (χ1) is 15.7. The van der Waals surface area contributed by atoms with Crippen molar-refractivity contribution in [1.29, 1.82) is 0 Å². The zero-order chi connectivity index (χ0) is 21.9. The lowest BCUT2D eigenvalue weighted by atomic mass is 10.3. The molecule has 2 aliphatic rings. The van der Waals surface area contributed by atoms with Crippen molar-refractivity contribution >= 4 is 17.2 Å². The number of halogens is 1. The van der Waals surface area contributed by atoms with E-state index in [4.69, 9.17) is 0 Å². The summed E-state index contributed by atoms with van der Waals surface area (Å²) in [5.74, 6) is 0.187. The molecule has 2 aromatic heterocycles. The molecule has 7 nitrogen and oxygen atoms in total. The maximum absolute atomic E-state index is 13.8. The number of amides is 1. The van der Waals surface area contributed by atoms with Crippen LogP contribution in [0.15, 0.2) is 41.8 Å². The smallest absolute Gasteiger partial charge is 0.293 e. The van der Waals surface area contributed by atoms with E-state index in [1.807, 2.05) is 22.4 Å². The van der Waals surface area contributed by atoms with Gasteiger partial charge in [0.15, 0.2) is 5.82 Å². The summed E-state index contributed by atoms with van der Waals surface area (Å²) in [4.78, 5) is 25.4.